The maximum absolute atomic E-state index is 5.37. The Morgan fingerprint density at radius 1 is 1.12 bits per heavy atom. The fourth-order valence-corrected chi connectivity index (χ4v) is 3.84. The number of nitrogens with zero attached hydrogens (tertiary/aromatic N) is 2. The lowest BCUT2D eigenvalue weighted by Gasteiger charge is -2.38. The molecule has 0 saturated heterocycles. The van der Waals surface area contributed by atoms with Crippen molar-refractivity contribution in [3.05, 3.63) is 89.0 Å². The van der Waals surface area contributed by atoms with E-state index in [0.717, 1.165) is 34.7 Å². The largest absolute Gasteiger partial charge is 0.367 e. The van der Waals surface area contributed by atoms with Gasteiger partial charge >= 0.3 is 0 Å². The first kappa shape index (κ1) is 15.7. The van der Waals surface area contributed by atoms with Crippen LogP contribution in [0, 0.1) is 13.8 Å². The second-order valence-corrected chi connectivity index (χ2v) is 6.78. The Balaban J connectivity index is 1.90. The molecule has 0 amide bonds. The van der Waals surface area contributed by atoms with Crippen molar-refractivity contribution in [2.24, 2.45) is 0 Å². The molecule has 3 heteroatoms. The number of rotatable bonds is 2. The van der Waals surface area contributed by atoms with E-state index in [-0.39, 0.29) is 6.04 Å². The summed E-state index contributed by atoms with van der Waals surface area (Å²) in [5.41, 5.74) is 8.29. The summed E-state index contributed by atoms with van der Waals surface area (Å²) in [6.07, 6.45) is 0.886. The average molecular weight is 330 g/mol. The Labute approximate surface area is 148 Å². The molecule has 3 nitrogen and oxygen atoms in total. The lowest BCUT2D eigenvalue weighted by Crippen LogP contribution is -2.30. The summed E-state index contributed by atoms with van der Waals surface area (Å²) in [6, 6.07) is 17.5. The number of likely N-dealkylation sites (N-methyl/N-ethyl adjacent to an activating group) is 1. The predicted molar refractivity (Wildman–Crippen MR) is 100 cm³/mol. The lowest BCUT2D eigenvalue weighted by atomic mass is 9.85. The standard InChI is InChI=1S/C22H22N2O/c1-14-12-18-10-11-19(21-15(2)23-25-16(21)3)13-20(18)22(24(14)4)17-8-6-5-7-9-17/h5-11,13,22H,1,12H2,2-4H3/t22-/m0/s1. The molecule has 0 bridgehead atoms. The maximum atomic E-state index is 5.37. The van der Waals surface area contributed by atoms with E-state index in [1.54, 1.807) is 0 Å². The van der Waals surface area contributed by atoms with Gasteiger partial charge in [0.15, 0.2) is 0 Å². The summed E-state index contributed by atoms with van der Waals surface area (Å²) in [5, 5.41) is 4.11. The van der Waals surface area contributed by atoms with Crippen LogP contribution in [0.15, 0.2) is 65.3 Å². The van der Waals surface area contributed by atoms with Gasteiger partial charge in [0, 0.05) is 24.7 Å². The third-order valence-electron chi connectivity index (χ3n) is 5.16. The van der Waals surface area contributed by atoms with Gasteiger partial charge in [0.1, 0.15) is 5.76 Å². The van der Waals surface area contributed by atoms with Crippen molar-refractivity contribution in [3.8, 4) is 11.1 Å². The van der Waals surface area contributed by atoms with Crippen LogP contribution < -0.4 is 0 Å². The van der Waals surface area contributed by atoms with Crippen LogP contribution in [0.1, 0.15) is 34.2 Å². The van der Waals surface area contributed by atoms with Gasteiger partial charge in [-0.15, -0.1) is 0 Å². The third kappa shape index (κ3) is 2.56. The van der Waals surface area contributed by atoms with E-state index in [1.165, 1.54) is 16.7 Å². The minimum Gasteiger partial charge on any atom is -0.367 e. The topological polar surface area (TPSA) is 29.3 Å². The monoisotopic (exact) mass is 330 g/mol. The molecule has 3 aromatic rings. The Morgan fingerprint density at radius 2 is 1.88 bits per heavy atom. The minimum absolute atomic E-state index is 0.179. The fraction of sp³-hybridized carbons (Fsp3) is 0.227. The van der Waals surface area contributed by atoms with Crippen LogP contribution >= 0.6 is 0 Å². The van der Waals surface area contributed by atoms with Crippen molar-refractivity contribution in [2.75, 3.05) is 7.05 Å². The number of fused-ring (bicyclic) bond motifs is 1. The predicted octanol–water partition coefficient (Wildman–Crippen LogP) is 5.05. The maximum Gasteiger partial charge on any atom is 0.141 e. The zero-order chi connectivity index (χ0) is 17.6. The number of aromatic nitrogens is 1. The van der Waals surface area contributed by atoms with Gasteiger partial charge in [0.05, 0.1) is 11.7 Å². The molecule has 1 aliphatic rings. The molecule has 25 heavy (non-hydrogen) atoms. The zero-order valence-corrected chi connectivity index (χ0v) is 14.9. The first-order valence-electron chi connectivity index (χ1n) is 8.58. The van der Waals surface area contributed by atoms with Gasteiger partial charge in [-0.2, -0.15) is 0 Å². The molecule has 0 saturated carbocycles. The summed E-state index contributed by atoms with van der Waals surface area (Å²) in [7, 11) is 2.13. The van der Waals surface area contributed by atoms with Crippen LogP contribution in [0.3, 0.4) is 0 Å². The van der Waals surface area contributed by atoms with Crippen molar-refractivity contribution in [3.63, 3.8) is 0 Å². The number of benzene rings is 2. The number of hydrogen-bond acceptors (Lipinski definition) is 3. The average Bonchev–Trinajstić information content (AvgIpc) is 2.95. The van der Waals surface area contributed by atoms with Gasteiger partial charge in [-0.25, -0.2) is 0 Å². The molecule has 0 fully saturated rings. The lowest BCUT2D eigenvalue weighted by molar-refractivity contribution is 0.329. The van der Waals surface area contributed by atoms with Crippen molar-refractivity contribution in [1.82, 2.24) is 10.1 Å². The van der Waals surface area contributed by atoms with E-state index in [2.05, 4.69) is 72.2 Å². The SMILES string of the molecule is C=C1Cc2ccc(-c3c(C)noc3C)cc2[C@H](c2ccccc2)N1C. The summed E-state index contributed by atoms with van der Waals surface area (Å²) < 4.78 is 5.37. The number of aryl methyl sites for hydroxylation is 2. The molecule has 1 aliphatic heterocycles. The summed E-state index contributed by atoms with van der Waals surface area (Å²) in [4.78, 5) is 2.29. The number of allylic oxidation sites excluding steroid dienone is 1. The van der Waals surface area contributed by atoms with Crippen LogP contribution in [-0.4, -0.2) is 17.1 Å². The van der Waals surface area contributed by atoms with E-state index in [9.17, 15) is 0 Å². The molecule has 2 aromatic carbocycles. The van der Waals surface area contributed by atoms with Crippen molar-refractivity contribution >= 4 is 0 Å². The number of hydrogen-bond donors (Lipinski definition) is 0. The van der Waals surface area contributed by atoms with Gasteiger partial charge in [-0.1, -0.05) is 54.2 Å². The molecule has 126 valence electrons. The van der Waals surface area contributed by atoms with Gasteiger partial charge in [-0.05, 0) is 42.2 Å². The van der Waals surface area contributed by atoms with Crippen molar-refractivity contribution < 1.29 is 4.52 Å². The quantitative estimate of drug-likeness (QED) is 0.658. The van der Waals surface area contributed by atoms with Crippen LogP contribution in [0.2, 0.25) is 0 Å². The normalized spacial score (nSPS) is 16.8. The minimum atomic E-state index is 0.179. The highest BCUT2D eigenvalue weighted by atomic mass is 16.5. The van der Waals surface area contributed by atoms with Crippen LogP contribution in [-0.2, 0) is 6.42 Å². The molecule has 1 atom stereocenters. The van der Waals surface area contributed by atoms with E-state index in [4.69, 9.17) is 4.52 Å². The Hall–Kier alpha value is -2.81. The molecule has 0 spiro atoms. The highest BCUT2D eigenvalue weighted by Crippen LogP contribution is 2.40. The van der Waals surface area contributed by atoms with E-state index in [0.29, 0.717) is 0 Å². The molecular weight excluding hydrogens is 308 g/mol. The molecule has 0 N–H and O–H groups in total. The Morgan fingerprint density at radius 3 is 2.56 bits per heavy atom. The second-order valence-electron chi connectivity index (χ2n) is 6.78. The summed E-state index contributed by atoms with van der Waals surface area (Å²) >= 11 is 0. The van der Waals surface area contributed by atoms with E-state index >= 15 is 0 Å². The van der Waals surface area contributed by atoms with Crippen LogP contribution in [0.4, 0.5) is 0 Å². The second kappa shape index (κ2) is 5.92. The van der Waals surface area contributed by atoms with Gasteiger partial charge in [0.2, 0.25) is 0 Å². The molecule has 0 aliphatic carbocycles. The van der Waals surface area contributed by atoms with Gasteiger partial charge < -0.3 is 9.42 Å². The highest BCUT2D eigenvalue weighted by molar-refractivity contribution is 5.69. The summed E-state index contributed by atoms with van der Waals surface area (Å²) in [6.45, 7) is 8.23. The van der Waals surface area contributed by atoms with Gasteiger partial charge in [-0.3, -0.25) is 0 Å². The molecular formula is C22H22N2O. The zero-order valence-electron chi connectivity index (χ0n) is 14.9. The Kier molecular flexibility index (Phi) is 3.72. The third-order valence-corrected chi connectivity index (χ3v) is 5.16. The van der Waals surface area contributed by atoms with E-state index in [1.807, 2.05) is 13.8 Å². The van der Waals surface area contributed by atoms with Gasteiger partial charge in [0.25, 0.3) is 0 Å². The summed E-state index contributed by atoms with van der Waals surface area (Å²) in [5.74, 6) is 0.863. The smallest absolute Gasteiger partial charge is 0.141 e. The highest BCUT2D eigenvalue weighted by Gasteiger charge is 2.28. The van der Waals surface area contributed by atoms with Crippen LogP contribution in [0.25, 0.3) is 11.1 Å². The first-order valence-corrected chi connectivity index (χ1v) is 8.58. The van der Waals surface area contributed by atoms with Crippen molar-refractivity contribution in [2.45, 2.75) is 26.3 Å². The van der Waals surface area contributed by atoms with Crippen LogP contribution in [0.5, 0.6) is 0 Å². The Bertz CT molecular complexity index is 920. The first-order chi connectivity index (χ1) is 12.1. The van der Waals surface area contributed by atoms with Crippen molar-refractivity contribution in [1.29, 1.82) is 0 Å². The van der Waals surface area contributed by atoms with E-state index < -0.39 is 0 Å². The molecule has 0 unspecified atom stereocenters. The molecule has 0 radical (unpaired) electrons. The molecule has 1 aromatic heterocycles. The molecule has 2 heterocycles. The fourth-order valence-electron chi connectivity index (χ4n) is 3.84. The molecule has 4 rings (SSSR count).